The van der Waals surface area contributed by atoms with Crippen LogP contribution in [0.5, 0.6) is 0 Å². The molecule has 18 heavy (non-hydrogen) atoms. The van der Waals surface area contributed by atoms with Crippen molar-refractivity contribution in [3.8, 4) is 0 Å². The first kappa shape index (κ1) is 15.4. The van der Waals surface area contributed by atoms with Crippen molar-refractivity contribution in [1.82, 2.24) is 0 Å². The summed E-state index contributed by atoms with van der Waals surface area (Å²) in [5.74, 6) is 0.433. The van der Waals surface area contributed by atoms with Crippen LogP contribution in [-0.4, -0.2) is 24.2 Å². The van der Waals surface area contributed by atoms with Crippen LogP contribution in [-0.2, 0) is 9.53 Å². The Kier molecular flexibility index (Phi) is 6.09. The number of primary amides is 1. The van der Waals surface area contributed by atoms with Gasteiger partial charge in [-0.2, -0.15) is 0 Å². The van der Waals surface area contributed by atoms with Crippen LogP contribution in [0.3, 0.4) is 0 Å². The molecular formula is C14H28N2O2. The summed E-state index contributed by atoms with van der Waals surface area (Å²) in [4.78, 5) is 11.0. The maximum atomic E-state index is 11.0. The van der Waals surface area contributed by atoms with Gasteiger partial charge in [0.2, 0.25) is 5.91 Å². The average Bonchev–Trinajstić information content (AvgIpc) is 2.31. The molecule has 4 heteroatoms. The van der Waals surface area contributed by atoms with Crippen molar-refractivity contribution in [3.63, 3.8) is 0 Å². The molecule has 106 valence electrons. The Morgan fingerprint density at radius 1 is 1.28 bits per heavy atom. The summed E-state index contributed by atoms with van der Waals surface area (Å²) in [5, 5.41) is 0. The fourth-order valence-corrected chi connectivity index (χ4v) is 2.36. The predicted octanol–water partition coefficient (Wildman–Crippen LogP) is 1.95. The Hall–Kier alpha value is -0.610. The van der Waals surface area contributed by atoms with Crippen molar-refractivity contribution in [2.24, 2.45) is 17.4 Å². The molecule has 1 rings (SSSR count). The highest BCUT2D eigenvalue weighted by molar-refractivity contribution is 5.83. The second-order valence-corrected chi connectivity index (χ2v) is 5.99. The predicted molar refractivity (Wildman–Crippen MR) is 73.0 cm³/mol. The molecule has 1 atom stereocenters. The van der Waals surface area contributed by atoms with Gasteiger partial charge in [-0.1, -0.05) is 6.92 Å². The van der Waals surface area contributed by atoms with Gasteiger partial charge >= 0.3 is 0 Å². The van der Waals surface area contributed by atoms with Gasteiger partial charge in [-0.3, -0.25) is 4.79 Å². The lowest BCUT2D eigenvalue weighted by Crippen LogP contribution is -2.49. The van der Waals surface area contributed by atoms with E-state index in [0.717, 1.165) is 25.4 Å². The number of ether oxygens (including phenoxy) is 1. The van der Waals surface area contributed by atoms with E-state index in [1.165, 1.54) is 25.7 Å². The van der Waals surface area contributed by atoms with Crippen LogP contribution in [0, 0.1) is 5.92 Å². The normalized spacial score (nSPS) is 27.7. The fraction of sp³-hybridized carbons (Fsp3) is 0.929. The van der Waals surface area contributed by atoms with E-state index in [9.17, 15) is 4.79 Å². The number of unbranched alkanes of at least 4 members (excludes halogenated alkanes) is 1. The minimum Gasteiger partial charge on any atom is -0.378 e. The van der Waals surface area contributed by atoms with Crippen molar-refractivity contribution in [3.05, 3.63) is 0 Å². The Morgan fingerprint density at radius 3 is 2.44 bits per heavy atom. The van der Waals surface area contributed by atoms with E-state index in [1.54, 1.807) is 6.92 Å². The van der Waals surface area contributed by atoms with Gasteiger partial charge < -0.3 is 16.2 Å². The molecule has 0 aromatic rings. The molecule has 0 aromatic carbocycles. The molecule has 0 spiro atoms. The lowest BCUT2D eigenvalue weighted by atomic mass is 9.89. The summed E-state index contributed by atoms with van der Waals surface area (Å²) in [6.07, 6.45) is 7.87. The average molecular weight is 256 g/mol. The van der Waals surface area contributed by atoms with Crippen molar-refractivity contribution in [2.45, 2.75) is 70.4 Å². The highest BCUT2D eigenvalue weighted by Crippen LogP contribution is 2.25. The van der Waals surface area contributed by atoms with Crippen LogP contribution in [0.2, 0.25) is 0 Å². The zero-order valence-electron chi connectivity index (χ0n) is 11.8. The molecule has 0 heterocycles. The Morgan fingerprint density at radius 2 is 1.89 bits per heavy atom. The minimum atomic E-state index is -0.875. The minimum absolute atomic E-state index is 0.426. The van der Waals surface area contributed by atoms with Crippen LogP contribution in [0.25, 0.3) is 0 Å². The van der Waals surface area contributed by atoms with Crippen molar-refractivity contribution in [2.75, 3.05) is 6.61 Å². The molecule has 1 unspecified atom stereocenters. The number of hydrogen-bond donors (Lipinski definition) is 2. The number of nitrogens with two attached hydrogens (primary N) is 2. The quantitative estimate of drug-likeness (QED) is 0.683. The Bertz CT molecular complexity index is 259. The lowest BCUT2D eigenvalue weighted by Gasteiger charge is -2.26. The number of carbonyl (C=O) groups is 1. The second kappa shape index (κ2) is 7.10. The number of amides is 1. The van der Waals surface area contributed by atoms with Gasteiger partial charge in [0.1, 0.15) is 0 Å². The summed E-state index contributed by atoms with van der Waals surface area (Å²) in [6, 6.07) is 0. The lowest BCUT2D eigenvalue weighted by molar-refractivity contribution is -0.122. The summed E-state index contributed by atoms with van der Waals surface area (Å²) in [5.41, 5.74) is 10.1. The Labute approximate surface area is 110 Å². The zero-order chi connectivity index (χ0) is 13.6. The topological polar surface area (TPSA) is 78.3 Å². The monoisotopic (exact) mass is 256 g/mol. The molecule has 1 aliphatic rings. The standard InChI is InChI=1S/C14H28N2O2/c1-11-5-7-12(8-6-11)18-10-4-3-9-14(2,16)13(15)17/h11-12H,3-10,16H2,1-2H3,(H2,15,17). The van der Waals surface area contributed by atoms with Gasteiger partial charge in [-0.15, -0.1) is 0 Å². The summed E-state index contributed by atoms with van der Waals surface area (Å²) < 4.78 is 5.85. The molecule has 1 amide bonds. The molecule has 1 saturated carbocycles. The summed E-state index contributed by atoms with van der Waals surface area (Å²) in [7, 11) is 0. The second-order valence-electron chi connectivity index (χ2n) is 5.99. The third-order valence-corrected chi connectivity index (χ3v) is 3.97. The summed E-state index contributed by atoms with van der Waals surface area (Å²) in [6.45, 7) is 4.77. The molecular weight excluding hydrogens is 228 g/mol. The van der Waals surface area contributed by atoms with Gasteiger partial charge in [0.25, 0.3) is 0 Å². The van der Waals surface area contributed by atoms with Crippen molar-refractivity contribution >= 4 is 5.91 Å². The fourth-order valence-electron chi connectivity index (χ4n) is 2.36. The van der Waals surface area contributed by atoms with E-state index < -0.39 is 11.4 Å². The Balaban J connectivity index is 2.04. The SMILES string of the molecule is CC1CCC(OCCCCC(C)(N)C(N)=O)CC1. The van der Waals surface area contributed by atoms with Gasteiger partial charge in [0.15, 0.2) is 0 Å². The molecule has 0 radical (unpaired) electrons. The molecule has 1 fully saturated rings. The molecule has 0 aromatic heterocycles. The van der Waals surface area contributed by atoms with Crippen molar-refractivity contribution in [1.29, 1.82) is 0 Å². The van der Waals surface area contributed by atoms with E-state index in [2.05, 4.69) is 6.92 Å². The highest BCUT2D eigenvalue weighted by atomic mass is 16.5. The first-order chi connectivity index (χ1) is 8.42. The highest BCUT2D eigenvalue weighted by Gasteiger charge is 2.24. The molecule has 0 saturated heterocycles. The van der Waals surface area contributed by atoms with E-state index in [1.807, 2.05) is 0 Å². The smallest absolute Gasteiger partial charge is 0.237 e. The van der Waals surface area contributed by atoms with Crippen LogP contribution < -0.4 is 11.5 Å². The van der Waals surface area contributed by atoms with Crippen LogP contribution in [0.4, 0.5) is 0 Å². The van der Waals surface area contributed by atoms with Crippen LogP contribution in [0.1, 0.15) is 58.8 Å². The molecule has 1 aliphatic carbocycles. The maximum Gasteiger partial charge on any atom is 0.237 e. The number of hydrogen-bond acceptors (Lipinski definition) is 3. The van der Waals surface area contributed by atoms with Crippen molar-refractivity contribution < 1.29 is 9.53 Å². The van der Waals surface area contributed by atoms with E-state index >= 15 is 0 Å². The molecule has 0 bridgehead atoms. The van der Waals surface area contributed by atoms with Gasteiger partial charge in [0, 0.05) is 6.61 Å². The third-order valence-electron chi connectivity index (χ3n) is 3.97. The molecule has 4 N–H and O–H groups in total. The van der Waals surface area contributed by atoms with Gasteiger partial charge in [-0.25, -0.2) is 0 Å². The van der Waals surface area contributed by atoms with E-state index in [0.29, 0.717) is 12.5 Å². The van der Waals surface area contributed by atoms with Crippen LogP contribution >= 0.6 is 0 Å². The first-order valence-electron chi connectivity index (χ1n) is 7.12. The largest absolute Gasteiger partial charge is 0.378 e. The van der Waals surface area contributed by atoms with Gasteiger partial charge in [-0.05, 0) is 57.8 Å². The first-order valence-corrected chi connectivity index (χ1v) is 7.12. The van der Waals surface area contributed by atoms with Gasteiger partial charge in [0.05, 0.1) is 11.6 Å². The van der Waals surface area contributed by atoms with E-state index in [-0.39, 0.29) is 0 Å². The maximum absolute atomic E-state index is 11.0. The molecule has 0 aliphatic heterocycles. The summed E-state index contributed by atoms with van der Waals surface area (Å²) >= 11 is 0. The number of rotatable bonds is 7. The van der Waals surface area contributed by atoms with Crippen LogP contribution in [0.15, 0.2) is 0 Å². The zero-order valence-corrected chi connectivity index (χ0v) is 11.8. The van der Waals surface area contributed by atoms with E-state index in [4.69, 9.17) is 16.2 Å². The molecule has 4 nitrogen and oxygen atoms in total. The number of carbonyl (C=O) groups excluding carboxylic acids is 1. The third kappa shape index (κ3) is 5.36.